The number of nitrogens with one attached hydrogen (secondary N) is 2. The Morgan fingerprint density at radius 2 is 1.34 bits per heavy atom. The minimum atomic E-state index is -0.558. The summed E-state index contributed by atoms with van der Waals surface area (Å²) in [7, 11) is 0. The van der Waals surface area contributed by atoms with E-state index in [1.54, 1.807) is 0 Å². The van der Waals surface area contributed by atoms with E-state index in [9.17, 15) is 9.59 Å². The molecule has 0 radical (unpaired) electrons. The third-order valence-corrected chi connectivity index (χ3v) is 5.18. The largest absolute Gasteiger partial charge is 0.369 e. The number of hydrogen-bond donors (Lipinski definition) is 2. The summed E-state index contributed by atoms with van der Waals surface area (Å²) in [4.78, 5) is 28.6. The summed E-state index contributed by atoms with van der Waals surface area (Å²) in [6, 6.07) is 20.4. The second-order valence-corrected chi connectivity index (χ2v) is 7.27. The quantitative estimate of drug-likeness (QED) is 0.528. The maximum Gasteiger partial charge on any atom is 0.309 e. The molecule has 154 valence electrons. The number of amides is 2. The molecule has 2 aromatic rings. The van der Waals surface area contributed by atoms with Crippen LogP contribution in [-0.4, -0.2) is 62.5 Å². The monoisotopic (exact) mass is 394 g/mol. The van der Waals surface area contributed by atoms with Crippen molar-refractivity contribution >= 4 is 17.5 Å². The van der Waals surface area contributed by atoms with Crippen LogP contribution in [0.4, 0.5) is 5.69 Å². The highest BCUT2D eigenvalue weighted by atomic mass is 16.2. The molecule has 29 heavy (non-hydrogen) atoms. The van der Waals surface area contributed by atoms with Gasteiger partial charge >= 0.3 is 11.8 Å². The van der Waals surface area contributed by atoms with Crippen LogP contribution in [-0.2, 0) is 16.0 Å². The molecule has 0 aromatic heterocycles. The molecule has 6 heteroatoms. The summed E-state index contributed by atoms with van der Waals surface area (Å²) >= 11 is 0. The predicted octanol–water partition coefficient (Wildman–Crippen LogP) is 1.67. The summed E-state index contributed by atoms with van der Waals surface area (Å²) in [6.07, 6.45) is 1.56. The fourth-order valence-electron chi connectivity index (χ4n) is 3.50. The number of rotatable bonds is 8. The SMILES string of the molecule is O=C(NCCCN1CCN(c2ccccc2)CC1)C(=O)NCCc1ccccc1. The predicted molar refractivity (Wildman–Crippen MR) is 116 cm³/mol. The van der Waals surface area contributed by atoms with Crippen LogP contribution in [0.5, 0.6) is 0 Å². The van der Waals surface area contributed by atoms with E-state index in [0.717, 1.165) is 51.1 Å². The second-order valence-electron chi connectivity index (χ2n) is 7.27. The number of anilines is 1. The average molecular weight is 395 g/mol. The van der Waals surface area contributed by atoms with Gasteiger partial charge in [-0.25, -0.2) is 0 Å². The van der Waals surface area contributed by atoms with Crippen LogP contribution in [0.15, 0.2) is 60.7 Å². The first kappa shape index (κ1) is 20.9. The number of para-hydroxylation sites is 1. The van der Waals surface area contributed by atoms with Crippen molar-refractivity contribution in [3.05, 3.63) is 66.2 Å². The molecule has 0 unspecified atom stereocenters. The third kappa shape index (κ3) is 6.91. The molecular formula is C23H30N4O2. The van der Waals surface area contributed by atoms with Crippen LogP contribution >= 0.6 is 0 Å². The molecule has 0 bridgehead atoms. The van der Waals surface area contributed by atoms with Gasteiger partial charge in [0.2, 0.25) is 0 Å². The van der Waals surface area contributed by atoms with Crippen LogP contribution in [0.25, 0.3) is 0 Å². The highest BCUT2D eigenvalue weighted by Crippen LogP contribution is 2.15. The maximum absolute atomic E-state index is 11.9. The van der Waals surface area contributed by atoms with E-state index in [4.69, 9.17) is 0 Å². The van der Waals surface area contributed by atoms with Crippen molar-refractivity contribution in [3.8, 4) is 0 Å². The molecule has 0 spiro atoms. The van der Waals surface area contributed by atoms with Crippen LogP contribution in [0.1, 0.15) is 12.0 Å². The molecule has 3 rings (SSSR count). The molecule has 0 aliphatic carbocycles. The van der Waals surface area contributed by atoms with Gasteiger partial charge in [-0.2, -0.15) is 0 Å². The number of benzene rings is 2. The Morgan fingerprint density at radius 3 is 2.00 bits per heavy atom. The summed E-state index contributed by atoms with van der Waals surface area (Å²) in [6.45, 7) is 5.97. The number of hydrogen-bond acceptors (Lipinski definition) is 4. The first-order valence-electron chi connectivity index (χ1n) is 10.3. The van der Waals surface area contributed by atoms with Gasteiger partial charge in [0.25, 0.3) is 0 Å². The van der Waals surface area contributed by atoms with Gasteiger partial charge in [-0.1, -0.05) is 48.5 Å². The first-order valence-corrected chi connectivity index (χ1v) is 10.3. The van der Waals surface area contributed by atoms with Crippen molar-refractivity contribution in [3.63, 3.8) is 0 Å². The van der Waals surface area contributed by atoms with E-state index in [1.165, 1.54) is 5.69 Å². The van der Waals surface area contributed by atoms with Crippen LogP contribution in [0.2, 0.25) is 0 Å². The molecule has 1 fully saturated rings. The molecule has 0 saturated carbocycles. The van der Waals surface area contributed by atoms with Gasteiger partial charge < -0.3 is 15.5 Å². The zero-order chi connectivity index (χ0) is 20.3. The number of carbonyl (C=O) groups excluding carboxylic acids is 2. The summed E-state index contributed by atoms with van der Waals surface area (Å²) in [5, 5.41) is 5.39. The van der Waals surface area contributed by atoms with Crippen LogP contribution in [0, 0.1) is 0 Å². The molecule has 1 aliphatic rings. The summed E-state index contributed by atoms with van der Waals surface area (Å²) < 4.78 is 0. The maximum atomic E-state index is 11.9. The fraction of sp³-hybridized carbons (Fsp3) is 0.391. The molecule has 2 N–H and O–H groups in total. The summed E-state index contributed by atoms with van der Waals surface area (Å²) in [5.41, 5.74) is 2.42. The van der Waals surface area contributed by atoms with Gasteiger partial charge in [0.05, 0.1) is 0 Å². The van der Waals surface area contributed by atoms with E-state index in [0.29, 0.717) is 13.1 Å². The lowest BCUT2D eigenvalue weighted by Gasteiger charge is -2.36. The Labute approximate surface area is 172 Å². The highest BCUT2D eigenvalue weighted by molar-refractivity contribution is 6.35. The zero-order valence-corrected chi connectivity index (χ0v) is 16.8. The Bertz CT molecular complexity index is 759. The van der Waals surface area contributed by atoms with Crippen molar-refractivity contribution in [2.24, 2.45) is 0 Å². The molecule has 2 aromatic carbocycles. The van der Waals surface area contributed by atoms with Gasteiger partial charge in [0.15, 0.2) is 0 Å². The van der Waals surface area contributed by atoms with E-state index in [1.807, 2.05) is 36.4 Å². The highest BCUT2D eigenvalue weighted by Gasteiger charge is 2.17. The molecule has 1 saturated heterocycles. The van der Waals surface area contributed by atoms with Gasteiger partial charge in [-0.3, -0.25) is 14.5 Å². The minimum Gasteiger partial charge on any atom is -0.369 e. The molecule has 2 amide bonds. The zero-order valence-electron chi connectivity index (χ0n) is 16.8. The van der Waals surface area contributed by atoms with Crippen molar-refractivity contribution in [2.45, 2.75) is 12.8 Å². The van der Waals surface area contributed by atoms with Crippen LogP contribution < -0.4 is 15.5 Å². The topological polar surface area (TPSA) is 64.7 Å². The molecule has 0 atom stereocenters. The molecule has 6 nitrogen and oxygen atoms in total. The number of piperazine rings is 1. The van der Waals surface area contributed by atoms with Gasteiger partial charge in [-0.15, -0.1) is 0 Å². The normalized spacial score (nSPS) is 14.4. The fourth-order valence-corrected chi connectivity index (χ4v) is 3.50. The standard InChI is InChI=1S/C23H30N4O2/c28-22(23(29)25-14-12-20-8-3-1-4-9-20)24-13-7-15-26-16-18-27(19-17-26)21-10-5-2-6-11-21/h1-6,8-11H,7,12-19H2,(H,24,28)(H,25,29). The van der Waals surface area contributed by atoms with E-state index in [-0.39, 0.29) is 0 Å². The smallest absolute Gasteiger partial charge is 0.309 e. The third-order valence-electron chi connectivity index (χ3n) is 5.18. The van der Waals surface area contributed by atoms with Gasteiger partial charge in [0, 0.05) is 45.0 Å². The van der Waals surface area contributed by atoms with Gasteiger partial charge in [0.1, 0.15) is 0 Å². The first-order chi connectivity index (χ1) is 14.2. The molecule has 1 heterocycles. The number of carbonyl (C=O) groups is 2. The van der Waals surface area contributed by atoms with E-state index >= 15 is 0 Å². The lowest BCUT2D eigenvalue weighted by atomic mass is 10.1. The van der Waals surface area contributed by atoms with E-state index < -0.39 is 11.8 Å². The lowest BCUT2D eigenvalue weighted by Crippen LogP contribution is -2.47. The van der Waals surface area contributed by atoms with Crippen molar-refractivity contribution in [2.75, 3.05) is 50.7 Å². The van der Waals surface area contributed by atoms with Crippen molar-refractivity contribution < 1.29 is 9.59 Å². The Kier molecular flexibility index (Phi) is 8.07. The minimum absolute atomic E-state index is 0.460. The Hall–Kier alpha value is -2.86. The lowest BCUT2D eigenvalue weighted by molar-refractivity contribution is -0.139. The van der Waals surface area contributed by atoms with Crippen molar-refractivity contribution in [1.82, 2.24) is 15.5 Å². The van der Waals surface area contributed by atoms with E-state index in [2.05, 4.69) is 44.7 Å². The Morgan fingerprint density at radius 1 is 0.759 bits per heavy atom. The van der Waals surface area contributed by atoms with Gasteiger partial charge in [-0.05, 0) is 37.1 Å². The molecular weight excluding hydrogens is 364 g/mol. The van der Waals surface area contributed by atoms with Crippen LogP contribution in [0.3, 0.4) is 0 Å². The van der Waals surface area contributed by atoms with Crippen molar-refractivity contribution in [1.29, 1.82) is 0 Å². The number of nitrogens with zero attached hydrogens (tertiary/aromatic N) is 2. The molecule has 1 aliphatic heterocycles. The second kappa shape index (κ2) is 11.2. The average Bonchev–Trinajstić information content (AvgIpc) is 2.78. The Balaban J connectivity index is 1.25. The summed E-state index contributed by atoms with van der Waals surface area (Å²) in [5.74, 6) is -1.11.